The molecule has 2 rings (SSSR count). The van der Waals surface area contributed by atoms with Crippen molar-refractivity contribution in [3.05, 3.63) is 35.4 Å². The fourth-order valence-electron chi connectivity index (χ4n) is 2.95. The van der Waals surface area contributed by atoms with Crippen LogP contribution < -0.4 is 16.0 Å². The Bertz CT molecular complexity index is 602. The summed E-state index contributed by atoms with van der Waals surface area (Å²) in [5, 5.41) is 9.15. The van der Waals surface area contributed by atoms with Crippen LogP contribution in [0.15, 0.2) is 24.3 Å². The summed E-state index contributed by atoms with van der Waals surface area (Å²) in [6.07, 6.45) is 0.929. The van der Waals surface area contributed by atoms with E-state index >= 15 is 0 Å². The summed E-state index contributed by atoms with van der Waals surface area (Å²) >= 11 is 0. The predicted molar refractivity (Wildman–Crippen MR) is 108 cm³/mol. The molecule has 1 fully saturated rings. The third-order valence-electron chi connectivity index (χ3n) is 4.66. The Hall–Kier alpha value is -1.59. The Balaban J connectivity index is 0.00000338. The second kappa shape index (κ2) is 9.38. The molecule has 2 atom stereocenters. The van der Waals surface area contributed by atoms with Crippen LogP contribution >= 0.6 is 12.4 Å². The van der Waals surface area contributed by atoms with Gasteiger partial charge in [0.2, 0.25) is 5.91 Å². The van der Waals surface area contributed by atoms with Crippen LogP contribution in [-0.2, 0) is 10.2 Å². The molecular formula is C20H32ClN3O2. The maximum atomic E-state index is 12.6. The molecule has 0 bridgehead atoms. The number of carbonyl (C=O) groups excluding carboxylic acids is 2. The molecule has 3 N–H and O–H groups in total. The van der Waals surface area contributed by atoms with Crippen molar-refractivity contribution < 1.29 is 9.59 Å². The lowest BCUT2D eigenvalue weighted by Crippen LogP contribution is -2.52. The van der Waals surface area contributed by atoms with Gasteiger partial charge in [0.15, 0.2) is 0 Å². The number of nitrogens with one attached hydrogen (secondary N) is 3. The van der Waals surface area contributed by atoms with Crippen molar-refractivity contribution in [2.24, 2.45) is 5.92 Å². The molecular weight excluding hydrogens is 350 g/mol. The Morgan fingerprint density at radius 1 is 1.15 bits per heavy atom. The molecule has 26 heavy (non-hydrogen) atoms. The average Bonchev–Trinajstić information content (AvgIpc) is 3.04. The Labute approximate surface area is 163 Å². The number of amides is 2. The average molecular weight is 382 g/mol. The predicted octanol–water partition coefficient (Wildman–Crippen LogP) is 2.64. The number of hydrogen-bond donors (Lipinski definition) is 3. The summed E-state index contributed by atoms with van der Waals surface area (Å²) in [7, 11) is 0. The minimum absolute atomic E-state index is 0. The van der Waals surface area contributed by atoms with Gasteiger partial charge in [0.1, 0.15) is 6.04 Å². The molecule has 1 aliphatic heterocycles. The van der Waals surface area contributed by atoms with Crippen LogP contribution in [0.25, 0.3) is 0 Å². The van der Waals surface area contributed by atoms with Gasteiger partial charge in [-0.2, -0.15) is 0 Å². The molecule has 1 aromatic carbocycles. The first-order valence-corrected chi connectivity index (χ1v) is 9.11. The van der Waals surface area contributed by atoms with E-state index in [0.29, 0.717) is 5.56 Å². The minimum atomic E-state index is -0.532. The number of benzene rings is 1. The second-order valence-corrected chi connectivity index (χ2v) is 8.22. The maximum absolute atomic E-state index is 12.6. The summed E-state index contributed by atoms with van der Waals surface area (Å²) in [5.41, 5.74) is 1.80. The summed E-state index contributed by atoms with van der Waals surface area (Å²) < 4.78 is 0. The molecule has 5 nitrogen and oxygen atoms in total. The van der Waals surface area contributed by atoms with Gasteiger partial charge in [-0.15, -0.1) is 12.4 Å². The highest BCUT2D eigenvalue weighted by Gasteiger charge is 2.27. The summed E-state index contributed by atoms with van der Waals surface area (Å²) in [4.78, 5) is 25.1. The Kier molecular flexibility index (Phi) is 8.10. The van der Waals surface area contributed by atoms with Crippen molar-refractivity contribution in [3.63, 3.8) is 0 Å². The van der Waals surface area contributed by atoms with Crippen molar-refractivity contribution in [1.82, 2.24) is 16.0 Å². The quantitative estimate of drug-likeness (QED) is 0.734. The van der Waals surface area contributed by atoms with E-state index < -0.39 is 6.04 Å². The van der Waals surface area contributed by atoms with E-state index in [9.17, 15) is 9.59 Å². The summed E-state index contributed by atoms with van der Waals surface area (Å²) in [6, 6.07) is 7.22. The van der Waals surface area contributed by atoms with Crippen LogP contribution in [0.1, 0.15) is 57.0 Å². The number of rotatable bonds is 5. The molecule has 0 radical (unpaired) electrons. The van der Waals surface area contributed by atoms with Crippen LogP contribution in [0.3, 0.4) is 0 Å². The molecule has 0 spiro atoms. The third kappa shape index (κ3) is 5.99. The minimum Gasteiger partial charge on any atom is -0.350 e. The van der Waals surface area contributed by atoms with Crippen molar-refractivity contribution in [1.29, 1.82) is 0 Å². The van der Waals surface area contributed by atoms with Crippen molar-refractivity contribution >= 4 is 24.2 Å². The monoisotopic (exact) mass is 381 g/mol. The molecule has 1 aliphatic rings. The Morgan fingerprint density at radius 3 is 2.23 bits per heavy atom. The molecule has 1 aromatic rings. The van der Waals surface area contributed by atoms with E-state index in [4.69, 9.17) is 0 Å². The van der Waals surface area contributed by atoms with E-state index in [2.05, 4.69) is 36.7 Å². The van der Waals surface area contributed by atoms with Gasteiger partial charge in [0, 0.05) is 18.2 Å². The van der Waals surface area contributed by atoms with Crippen LogP contribution in [0, 0.1) is 5.92 Å². The van der Waals surface area contributed by atoms with Crippen LogP contribution in [0.5, 0.6) is 0 Å². The van der Waals surface area contributed by atoms with Gasteiger partial charge >= 0.3 is 0 Å². The molecule has 6 heteroatoms. The number of carbonyl (C=O) groups is 2. The van der Waals surface area contributed by atoms with E-state index in [0.717, 1.165) is 19.5 Å². The summed E-state index contributed by atoms with van der Waals surface area (Å²) in [5.74, 6) is -0.297. The number of hydrogen-bond acceptors (Lipinski definition) is 3. The van der Waals surface area contributed by atoms with E-state index in [1.165, 1.54) is 5.56 Å². The lowest BCUT2D eigenvalue weighted by Gasteiger charge is -2.24. The summed E-state index contributed by atoms with van der Waals surface area (Å²) in [6.45, 7) is 12.0. The first-order valence-electron chi connectivity index (χ1n) is 9.11. The van der Waals surface area contributed by atoms with Gasteiger partial charge in [-0.1, -0.05) is 46.8 Å². The molecule has 0 saturated carbocycles. The van der Waals surface area contributed by atoms with E-state index in [-0.39, 0.29) is 41.6 Å². The Morgan fingerprint density at radius 2 is 1.77 bits per heavy atom. The first-order chi connectivity index (χ1) is 11.7. The number of halogens is 1. The van der Waals surface area contributed by atoms with Crippen LogP contribution in [0.2, 0.25) is 0 Å². The molecule has 2 unspecified atom stereocenters. The largest absolute Gasteiger partial charge is 0.350 e. The van der Waals surface area contributed by atoms with Gasteiger partial charge < -0.3 is 16.0 Å². The van der Waals surface area contributed by atoms with Gasteiger partial charge in [-0.3, -0.25) is 9.59 Å². The van der Waals surface area contributed by atoms with Crippen molar-refractivity contribution in [2.45, 2.75) is 58.5 Å². The topological polar surface area (TPSA) is 70.2 Å². The fraction of sp³-hybridized carbons (Fsp3) is 0.600. The molecule has 0 aliphatic carbocycles. The van der Waals surface area contributed by atoms with E-state index in [1.54, 1.807) is 0 Å². The van der Waals surface area contributed by atoms with Gasteiger partial charge in [-0.05, 0) is 42.0 Å². The molecule has 0 aromatic heterocycles. The fourth-order valence-corrected chi connectivity index (χ4v) is 2.95. The second-order valence-electron chi connectivity index (χ2n) is 8.22. The highest BCUT2D eigenvalue weighted by Crippen LogP contribution is 2.22. The molecule has 2 amide bonds. The SMILES string of the molecule is CC(C)C(NC(=O)c1ccc(C(C)(C)C)cc1)C(=O)NC1CCNC1.Cl. The molecule has 1 heterocycles. The van der Waals surface area contributed by atoms with Crippen molar-refractivity contribution in [2.75, 3.05) is 13.1 Å². The van der Waals surface area contributed by atoms with Crippen LogP contribution in [0.4, 0.5) is 0 Å². The normalized spacial score (nSPS) is 18.2. The van der Waals surface area contributed by atoms with Crippen LogP contribution in [-0.4, -0.2) is 37.0 Å². The van der Waals surface area contributed by atoms with Gasteiger partial charge in [-0.25, -0.2) is 0 Å². The highest BCUT2D eigenvalue weighted by atomic mass is 35.5. The smallest absolute Gasteiger partial charge is 0.251 e. The lowest BCUT2D eigenvalue weighted by molar-refractivity contribution is -0.124. The molecule has 1 saturated heterocycles. The maximum Gasteiger partial charge on any atom is 0.251 e. The zero-order valence-corrected chi connectivity index (χ0v) is 17.2. The van der Waals surface area contributed by atoms with Gasteiger partial charge in [0.25, 0.3) is 5.91 Å². The van der Waals surface area contributed by atoms with Gasteiger partial charge in [0.05, 0.1) is 0 Å². The van der Waals surface area contributed by atoms with Crippen molar-refractivity contribution in [3.8, 4) is 0 Å². The highest BCUT2D eigenvalue weighted by molar-refractivity contribution is 5.97. The standard InChI is InChI=1S/C20H31N3O2.ClH/c1-13(2)17(19(25)22-16-10-11-21-12-16)23-18(24)14-6-8-15(9-7-14)20(3,4)5;/h6-9,13,16-17,21H,10-12H2,1-5H3,(H,22,25)(H,23,24);1H. The lowest BCUT2D eigenvalue weighted by atomic mass is 9.86. The third-order valence-corrected chi connectivity index (χ3v) is 4.66. The first kappa shape index (κ1) is 22.5. The molecule has 146 valence electrons. The zero-order valence-electron chi connectivity index (χ0n) is 16.4. The zero-order chi connectivity index (χ0) is 18.6. The van der Waals surface area contributed by atoms with E-state index in [1.807, 2.05) is 38.1 Å².